The van der Waals surface area contributed by atoms with E-state index in [9.17, 15) is 0 Å². The van der Waals surface area contributed by atoms with Gasteiger partial charge in [-0.25, -0.2) is 4.98 Å². The van der Waals surface area contributed by atoms with Crippen molar-refractivity contribution in [2.24, 2.45) is 5.73 Å². The van der Waals surface area contributed by atoms with Crippen LogP contribution in [-0.2, 0) is 13.0 Å². The minimum Gasteiger partial charge on any atom is -0.330 e. The topological polar surface area (TPSA) is 43.8 Å². The Morgan fingerprint density at radius 2 is 2.43 bits per heavy atom. The molecule has 0 spiro atoms. The van der Waals surface area contributed by atoms with Gasteiger partial charge in [-0.05, 0) is 18.0 Å². The highest BCUT2D eigenvalue weighted by molar-refractivity contribution is 7.09. The molecule has 0 amide bonds. The standard InChI is InChI=1S/C10H13N3S/c11-4-3-10-12-5-6-13(10)8-9-2-1-7-14-9/h1-2,5-7H,3-4,8,11H2. The third-order valence-electron chi connectivity index (χ3n) is 2.08. The van der Waals surface area contributed by atoms with Gasteiger partial charge in [-0.2, -0.15) is 0 Å². The minimum absolute atomic E-state index is 0.654. The molecule has 0 saturated heterocycles. The summed E-state index contributed by atoms with van der Waals surface area (Å²) < 4.78 is 2.15. The van der Waals surface area contributed by atoms with E-state index in [-0.39, 0.29) is 0 Å². The average Bonchev–Trinajstić information content (AvgIpc) is 2.80. The summed E-state index contributed by atoms with van der Waals surface area (Å²) in [4.78, 5) is 5.62. The van der Waals surface area contributed by atoms with E-state index in [1.165, 1.54) is 4.88 Å². The van der Waals surface area contributed by atoms with E-state index in [0.29, 0.717) is 6.54 Å². The monoisotopic (exact) mass is 207 g/mol. The summed E-state index contributed by atoms with van der Waals surface area (Å²) in [6, 6.07) is 4.20. The summed E-state index contributed by atoms with van der Waals surface area (Å²) in [7, 11) is 0. The van der Waals surface area contributed by atoms with Crippen LogP contribution >= 0.6 is 11.3 Å². The van der Waals surface area contributed by atoms with Crippen LogP contribution < -0.4 is 5.73 Å². The predicted octanol–water partition coefficient (Wildman–Crippen LogP) is 1.49. The lowest BCUT2D eigenvalue weighted by molar-refractivity contribution is 0.723. The SMILES string of the molecule is NCCc1nccn1Cc1cccs1. The Labute approximate surface area is 87.2 Å². The second-order valence-corrected chi connectivity index (χ2v) is 4.12. The van der Waals surface area contributed by atoms with E-state index >= 15 is 0 Å². The molecule has 2 aromatic heterocycles. The van der Waals surface area contributed by atoms with Gasteiger partial charge in [0.2, 0.25) is 0 Å². The number of hydrogen-bond acceptors (Lipinski definition) is 3. The first-order valence-electron chi connectivity index (χ1n) is 4.62. The van der Waals surface area contributed by atoms with E-state index < -0.39 is 0 Å². The summed E-state index contributed by atoms with van der Waals surface area (Å²) in [5.74, 6) is 1.07. The number of imidazole rings is 1. The molecule has 3 nitrogen and oxygen atoms in total. The summed E-state index contributed by atoms with van der Waals surface area (Å²) in [5, 5.41) is 2.09. The first-order valence-corrected chi connectivity index (χ1v) is 5.50. The van der Waals surface area contributed by atoms with Gasteiger partial charge in [-0.3, -0.25) is 0 Å². The van der Waals surface area contributed by atoms with Crippen molar-refractivity contribution in [1.29, 1.82) is 0 Å². The van der Waals surface area contributed by atoms with Gasteiger partial charge in [-0.15, -0.1) is 11.3 Å². The molecule has 4 heteroatoms. The first-order chi connectivity index (χ1) is 6.90. The van der Waals surface area contributed by atoms with Crippen LogP contribution in [0.1, 0.15) is 10.7 Å². The molecular formula is C10H13N3S. The van der Waals surface area contributed by atoms with Crippen molar-refractivity contribution in [1.82, 2.24) is 9.55 Å². The third-order valence-corrected chi connectivity index (χ3v) is 2.94. The van der Waals surface area contributed by atoms with Gasteiger partial charge >= 0.3 is 0 Å². The van der Waals surface area contributed by atoms with Gasteiger partial charge in [0, 0.05) is 23.7 Å². The predicted molar refractivity (Wildman–Crippen MR) is 58.4 cm³/mol. The zero-order valence-corrected chi connectivity index (χ0v) is 8.70. The Bertz CT molecular complexity index is 378. The maximum absolute atomic E-state index is 5.51. The Balaban J connectivity index is 2.12. The Morgan fingerprint density at radius 1 is 1.50 bits per heavy atom. The van der Waals surface area contributed by atoms with Crippen molar-refractivity contribution in [2.75, 3.05) is 6.54 Å². The average molecular weight is 207 g/mol. The van der Waals surface area contributed by atoms with E-state index in [1.807, 2.05) is 12.4 Å². The summed E-state index contributed by atoms with van der Waals surface area (Å²) >= 11 is 1.77. The highest BCUT2D eigenvalue weighted by Crippen LogP contribution is 2.11. The van der Waals surface area contributed by atoms with Gasteiger partial charge in [0.15, 0.2) is 0 Å². The molecule has 0 aliphatic rings. The smallest absolute Gasteiger partial charge is 0.110 e. The molecule has 74 valence electrons. The van der Waals surface area contributed by atoms with Crippen molar-refractivity contribution in [3.63, 3.8) is 0 Å². The molecule has 0 fully saturated rings. The molecule has 0 aromatic carbocycles. The van der Waals surface area contributed by atoms with E-state index in [0.717, 1.165) is 18.8 Å². The van der Waals surface area contributed by atoms with Crippen LogP contribution in [0.2, 0.25) is 0 Å². The quantitative estimate of drug-likeness (QED) is 0.825. The lowest BCUT2D eigenvalue weighted by atomic mass is 10.4. The number of nitrogens with zero attached hydrogens (tertiary/aromatic N) is 2. The van der Waals surface area contributed by atoms with Crippen molar-refractivity contribution < 1.29 is 0 Å². The number of rotatable bonds is 4. The second kappa shape index (κ2) is 4.39. The van der Waals surface area contributed by atoms with Crippen molar-refractivity contribution in [3.05, 3.63) is 40.6 Å². The van der Waals surface area contributed by atoms with E-state index in [1.54, 1.807) is 11.3 Å². The number of thiophene rings is 1. The maximum Gasteiger partial charge on any atom is 0.110 e. The lowest BCUT2D eigenvalue weighted by Gasteiger charge is -2.04. The zero-order chi connectivity index (χ0) is 9.80. The molecule has 0 unspecified atom stereocenters. The minimum atomic E-state index is 0.654. The molecule has 14 heavy (non-hydrogen) atoms. The third kappa shape index (κ3) is 2.02. The Kier molecular flexibility index (Phi) is 2.96. The molecule has 0 atom stereocenters. The maximum atomic E-state index is 5.51. The van der Waals surface area contributed by atoms with Crippen LogP contribution in [0, 0.1) is 0 Å². The summed E-state index contributed by atoms with van der Waals surface area (Å²) in [5.41, 5.74) is 5.51. The summed E-state index contributed by atoms with van der Waals surface area (Å²) in [6.07, 6.45) is 4.68. The van der Waals surface area contributed by atoms with Crippen LogP contribution in [0.25, 0.3) is 0 Å². The van der Waals surface area contributed by atoms with Crippen LogP contribution in [0.15, 0.2) is 29.9 Å². The van der Waals surface area contributed by atoms with Gasteiger partial charge in [0.25, 0.3) is 0 Å². The van der Waals surface area contributed by atoms with Crippen LogP contribution in [-0.4, -0.2) is 16.1 Å². The number of nitrogens with two attached hydrogens (primary N) is 1. The van der Waals surface area contributed by atoms with E-state index in [2.05, 4.69) is 27.1 Å². The van der Waals surface area contributed by atoms with Gasteiger partial charge in [-0.1, -0.05) is 6.07 Å². The lowest BCUT2D eigenvalue weighted by Crippen LogP contribution is -2.09. The molecule has 2 heterocycles. The largest absolute Gasteiger partial charge is 0.330 e. The molecule has 0 radical (unpaired) electrons. The fourth-order valence-corrected chi connectivity index (χ4v) is 2.11. The van der Waals surface area contributed by atoms with Crippen LogP contribution in [0.3, 0.4) is 0 Å². The second-order valence-electron chi connectivity index (χ2n) is 3.09. The van der Waals surface area contributed by atoms with Gasteiger partial charge < -0.3 is 10.3 Å². The molecule has 2 aromatic rings. The van der Waals surface area contributed by atoms with E-state index in [4.69, 9.17) is 5.73 Å². The Morgan fingerprint density at radius 3 is 3.14 bits per heavy atom. The van der Waals surface area contributed by atoms with Crippen LogP contribution in [0.4, 0.5) is 0 Å². The fraction of sp³-hybridized carbons (Fsp3) is 0.300. The normalized spacial score (nSPS) is 10.6. The molecule has 2 N–H and O–H groups in total. The summed E-state index contributed by atoms with van der Waals surface area (Å²) in [6.45, 7) is 1.56. The molecular weight excluding hydrogens is 194 g/mol. The fourth-order valence-electron chi connectivity index (χ4n) is 1.41. The first kappa shape index (κ1) is 9.43. The molecule has 2 rings (SSSR count). The Hall–Kier alpha value is -1.13. The van der Waals surface area contributed by atoms with Crippen molar-refractivity contribution in [2.45, 2.75) is 13.0 Å². The number of aromatic nitrogens is 2. The van der Waals surface area contributed by atoms with Gasteiger partial charge in [0.1, 0.15) is 5.82 Å². The number of hydrogen-bond donors (Lipinski definition) is 1. The molecule has 0 aliphatic heterocycles. The van der Waals surface area contributed by atoms with Gasteiger partial charge in [0.05, 0.1) is 6.54 Å². The van der Waals surface area contributed by atoms with Crippen LogP contribution in [0.5, 0.6) is 0 Å². The zero-order valence-electron chi connectivity index (χ0n) is 7.89. The molecule has 0 aliphatic carbocycles. The molecule has 0 saturated carbocycles. The molecule has 0 bridgehead atoms. The van der Waals surface area contributed by atoms with Crippen molar-refractivity contribution in [3.8, 4) is 0 Å². The van der Waals surface area contributed by atoms with Crippen molar-refractivity contribution >= 4 is 11.3 Å². The highest BCUT2D eigenvalue weighted by atomic mass is 32.1. The highest BCUT2D eigenvalue weighted by Gasteiger charge is 2.02.